The third-order valence-electron chi connectivity index (χ3n) is 5.31. The lowest BCUT2D eigenvalue weighted by Crippen LogP contribution is -2.46. The molecule has 1 aliphatic rings. The van der Waals surface area contributed by atoms with Crippen molar-refractivity contribution in [2.45, 2.75) is 25.8 Å². The Balaban J connectivity index is 1.67. The predicted octanol–water partition coefficient (Wildman–Crippen LogP) is 3.60. The van der Waals surface area contributed by atoms with Gasteiger partial charge in [0.15, 0.2) is 0 Å². The summed E-state index contributed by atoms with van der Waals surface area (Å²) in [5.74, 6) is -1.17. The number of anilines is 1. The number of hydrogen-bond acceptors (Lipinski definition) is 5. The van der Waals surface area contributed by atoms with Crippen LogP contribution in [0.3, 0.4) is 0 Å². The van der Waals surface area contributed by atoms with Crippen LogP contribution in [0.15, 0.2) is 24.3 Å². The zero-order valence-electron chi connectivity index (χ0n) is 17.3. The maximum absolute atomic E-state index is 13.2. The van der Waals surface area contributed by atoms with Gasteiger partial charge in [0.25, 0.3) is 11.8 Å². The molecule has 1 N–H and O–H groups in total. The highest BCUT2D eigenvalue weighted by molar-refractivity contribution is 7.88. The van der Waals surface area contributed by atoms with Crippen molar-refractivity contribution >= 4 is 49.8 Å². The van der Waals surface area contributed by atoms with Crippen LogP contribution >= 0.6 is 22.9 Å². The molecule has 168 valence electrons. The normalized spacial score (nSPS) is 15.4. The number of aryl methyl sites for hydroxylation is 1. The molecule has 1 aromatic heterocycles. The maximum atomic E-state index is 13.2. The quantitative estimate of drug-likeness (QED) is 0.698. The van der Waals surface area contributed by atoms with Crippen molar-refractivity contribution in [1.29, 1.82) is 0 Å². The molecule has 0 bridgehead atoms. The van der Waals surface area contributed by atoms with Crippen LogP contribution in [0.2, 0.25) is 5.02 Å². The minimum atomic E-state index is -3.27. The topological polar surface area (TPSA) is 86.8 Å². The van der Waals surface area contributed by atoms with Gasteiger partial charge < -0.3 is 10.2 Å². The maximum Gasteiger partial charge on any atom is 0.264 e. The summed E-state index contributed by atoms with van der Waals surface area (Å²) in [5, 5.41) is 3.19. The SMILES string of the molecule is Cc1cc(NC(=O)c2ccc(F)cc2Cl)sc1C(=O)N1CCC(N(C)S(C)(=O)=O)CC1. The van der Waals surface area contributed by atoms with Gasteiger partial charge in [-0.2, -0.15) is 0 Å². The van der Waals surface area contributed by atoms with Gasteiger partial charge in [-0.05, 0) is 49.6 Å². The molecule has 0 radical (unpaired) electrons. The number of nitrogens with one attached hydrogen (secondary N) is 1. The Kier molecular flexibility index (Phi) is 7.04. The molecule has 2 amide bonds. The van der Waals surface area contributed by atoms with Gasteiger partial charge in [-0.15, -0.1) is 11.3 Å². The number of carbonyl (C=O) groups excluding carboxylic acids is 2. The number of nitrogens with zero attached hydrogens (tertiary/aromatic N) is 2. The monoisotopic (exact) mass is 487 g/mol. The molecule has 1 aromatic carbocycles. The van der Waals surface area contributed by atoms with E-state index in [9.17, 15) is 22.4 Å². The summed E-state index contributed by atoms with van der Waals surface area (Å²) >= 11 is 7.10. The molecule has 2 aromatic rings. The molecule has 31 heavy (non-hydrogen) atoms. The van der Waals surface area contributed by atoms with E-state index in [0.717, 1.165) is 29.0 Å². The zero-order valence-corrected chi connectivity index (χ0v) is 19.7. The second-order valence-electron chi connectivity index (χ2n) is 7.50. The van der Waals surface area contributed by atoms with E-state index in [1.54, 1.807) is 24.9 Å². The van der Waals surface area contributed by atoms with Gasteiger partial charge in [0.05, 0.1) is 26.7 Å². The Hall–Kier alpha value is -2.01. The fourth-order valence-corrected chi connectivity index (χ4v) is 5.50. The minimum Gasteiger partial charge on any atom is -0.338 e. The molecule has 3 rings (SSSR count). The van der Waals surface area contributed by atoms with E-state index in [1.807, 2.05) is 0 Å². The lowest BCUT2D eigenvalue weighted by Gasteiger charge is -2.35. The van der Waals surface area contributed by atoms with Crippen LogP contribution in [0.25, 0.3) is 0 Å². The van der Waals surface area contributed by atoms with Crippen LogP contribution in [0.4, 0.5) is 9.39 Å². The fourth-order valence-electron chi connectivity index (χ4n) is 3.46. The first-order valence-electron chi connectivity index (χ1n) is 9.56. The molecule has 0 saturated carbocycles. The van der Waals surface area contributed by atoms with Crippen LogP contribution < -0.4 is 5.32 Å². The highest BCUT2D eigenvalue weighted by atomic mass is 35.5. The van der Waals surface area contributed by atoms with Gasteiger partial charge in [-0.25, -0.2) is 17.1 Å². The van der Waals surface area contributed by atoms with Crippen LogP contribution in [0.5, 0.6) is 0 Å². The van der Waals surface area contributed by atoms with E-state index in [0.29, 0.717) is 35.8 Å². The number of benzene rings is 1. The molecule has 0 spiro atoms. The molecule has 0 atom stereocenters. The fraction of sp³-hybridized carbons (Fsp3) is 0.400. The lowest BCUT2D eigenvalue weighted by atomic mass is 10.0. The highest BCUT2D eigenvalue weighted by Crippen LogP contribution is 2.30. The predicted molar refractivity (Wildman–Crippen MR) is 120 cm³/mol. The number of hydrogen-bond donors (Lipinski definition) is 1. The molecule has 7 nitrogen and oxygen atoms in total. The molecule has 2 heterocycles. The van der Waals surface area contributed by atoms with Gasteiger partial charge in [-0.3, -0.25) is 9.59 Å². The number of amides is 2. The smallest absolute Gasteiger partial charge is 0.264 e. The standard InChI is InChI=1S/C20H23ClFN3O4S2/c1-12-10-17(23-19(26)15-5-4-13(22)11-16(15)21)30-18(12)20(27)25-8-6-14(7-9-25)24(2)31(3,28)29/h4-5,10-11,14H,6-9H2,1-3H3,(H,23,26). The first-order valence-corrected chi connectivity index (χ1v) is 12.6. The molecule has 11 heteroatoms. The van der Waals surface area contributed by atoms with E-state index >= 15 is 0 Å². The van der Waals surface area contributed by atoms with Gasteiger partial charge >= 0.3 is 0 Å². The number of rotatable bonds is 5. The Bertz CT molecular complexity index is 1110. The van der Waals surface area contributed by atoms with Crippen molar-refractivity contribution in [3.05, 3.63) is 51.1 Å². The van der Waals surface area contributed by atoms with Crippen LogP contribution in [-0.2, 0) is 10.0 Å². The Morgan fingerprint density at radius 3 is 2.48 bits per heavy atom. The van der Waals surface area contributed by atoms with Crippen LogP contribution in [0, 0.1) is 12.7 Å². The Morgan fingerprint density at radius 1 is 1.26 bits per heavy atom. The zero-order chi connectivity index (χ0) is 22.9. The van der Waals surface area contributed by atoms with E-state index in [-0.39, 0.29) is 22.5 Å². The average Bonchev–Trinajstić information content (AvgIpc) is 3.06. The molecule has 0 aliphatic carbocycles. The molecule has 1 fully saturated rings. The van der Waals surface area contributed by atoms with Crippen LogP contribution in [0.1, 0.15) is 38.4 Å². The second kappa shape index (κ2) is 9.23. The summed E-state index contributed by atoms with van der Waals surface area (Å²) < 4.78 is 38.0. The summed E-state index contributed by atoms with van der Waals surface area (Å²) in [5.41, 5.74) is 0.866. The van der Waals surface area contributed by atoms with E-state index < -0.39 is 21.7 Å². The van der Waals surface area contributed by atoms with E-state index in [4.69, 9.17) is 11.6 Å². The molecule has 0 unspecified atom stereocenters. The van der Waals surface area contributed by atoms with Crippen molar-refractivity contribution in [2.24, 2.45) is 0 Å². The summed E-state index contributed by atoms with van der Waals surface area (Å²) in [7, 11) is -1.72. The van der Waals surface area contributed by atoms with Crippen LogP contribution in [-0.4, -0.2) is 61.9 Å². The number of likely N-dealkylation sites (tertiary alicyclic amines) is 1. The van der Waals surface area contributed by atoms with E-state index in [1.165, 1.54) is 16.6 Å². The number of sulfonamides is 1. The largest absolute Gasteiger partial charge is 0.338 e. The minimum absolute atomic E-state index is 0.00371. The van der Waals surface area contributed by atoms with Crippen molar-refractivity contribution in [3.63, 3.8) is 0 Å². The number of thiophene rings is 1. The third-order valence-corrected chi connectivity index (χ3v) is 8.11. The third kappa shape index (κ3) is 5.43. The number of halogens is 2. The summed E-state index contributed by atoms with van der Waals surface area (Å²) in [6.07, 6.45) is 2.30. The molecule has 1 saturated heterocycles. The highest BCUT2D eigenvalue weighted by Gasteiger charge is 2.30. The summed E-state index contributed by atoms with van der Waals surface area (Å²) in [6, 6.07) is 5.10. The number of carbonyl (C=O) groups is 2. The van der Waals surface area contributed by atoms with Crippen molar-refractivity contribution < 1.29 is 22.4 Å². The first kappa shape index (κ1) is 23.6. The number of piperidine rings is 1. The molecular weight excluding hydrogens is 465 g/mol. The first-order chi connectivity index (χ1) is 14.5. The molecular formula is C20H23ClFN3O4S2. The van der Waals surface area contributed by atoms with Crippen molar-refractivity contribution in [1.82, 2.24) is 9.21 Å². The van der Waals surface area contributed by atoms with Gasteiger partial charge in [0.2, 0.25) is 10.0 Å². The average molecular weight is 488 g/mol. The van der Waals surface area contributed by atoms with Crippen molar-refractivity contribution in [3.8, 4) is 0 Å². The van der Waals surface area contributed by atoms with Gasteiger partial charge in [-0.1, -0.05) is 11.6 Å². The second-order valence-corrected chi connectivity index (χ2v) is 11.0. The van der Waals surface area contributed by atoms with Gasteiger partial charge in [0, 0.05) is 26.2 Å². The van der Waals surface area contributed by atoms with E-state index in [2.05, 4.69) is 5.32 Å². The Morgan fingerprint density at radius 2 is 1.90 bits per heavy atom. The lowest BCUT2D eigenvalue weighted by molar-refractivity contribution is 0.0690. The molecule has 1 aliphatic heterocycles. The summed E-state index contributed by atoms with van der Waals surface area (Å²) in [6.45, 7) is 2.69. The summed E-state index contributed by atoms with van der Waals surface area (Å²) in [4.78, 5) is 27.7. The Labute approximate surface area is 189 Å². The van der Waals surface area contributed by atoms with Crippen molar-refractivity contribution in [2.75, 3.05) is 31.7 Å². The van der Waals surface area contributed by atoms with Gasteiger partial charge in [0.1, 0.15) is 5.82 Å².